The molecule has 15 heavy (non-hydrogen) atoms. The Morgan fingerprint density at radius 3 is 2.80 bits per heavy atom. The van der Waals surface area contributed by atoms with Gasteiger partial charge in [-0.1, -0.05) is 6.92 Å². The van der Waals surface area contributed by atoms with Crippen LogP contribution in [0, 0.1) is 0 Å². The van der Waals surface area contributed by atoms with Gasteiger partial charge >= 0.3 is 0 Å². The number of hydrogen-bond donors (Lipinski definition) is 0. The largest absolute Gasteiger partial charge is 0.279 e. The van der Waals surface area contributed by atoms with Crippen molar-refractivity contribution in [2.24, 2.45) is 0 Å². The number of rotatable bonds is 2. The van der Waals surface area contributed by atoms with E-state index in [-0.39, 0.29) is 5.03 Å². The molecular formula is C8H7ClN2O2S2. The van der Waals surface area contributed by atoms with Crippen molar-refractivity contribution in [2.45, 2.75) is 18.4 Å². The lowest BCUT2D eigenvalue weighted by molar-refractivity contribution is 0.607. The van der Waals surface area contributed by atoms with E-state index in [0.717, 1.165) is 11.3 Å². The first-order valence-corrected chi connectivity index (χ1v) is 7.33. The van der Waals surface area contributed by atoms with E-state index in [9.17, 15) is 8.42 Å². The Kier molecular flexibility index (Phi) is 2.66. The Hall–Kier alpha value is -0.720. The van der Waals surface area contributed by atoms with Crippen LogP contribution in [0.15, 0.2) is 17.4 Å². The Labute approximate surface area is 95.4 Å². The third-order valence-electron chi connectivity index (χ3n) is 1.92. The van der Waals surface area contributed by atoms with Crippen LogP contribution in [-0.4, -0.2) is 18.4 Å². The highest BCUT2D eigenvalue weighted by Gasteiger charge is 2.18. The number of thiophene rings is 1. The Morgan fingerprint density at radius 2 is 2.20 bits per heavy atom. The normalized spacial score (nSPS) is 12.1. The van der Waals surface area contributed by atoms with Gasteiger partial charge in [-0.2, -0.15) is 0 Å². The summed E-state index contributed by atoms with van der Waals surface area (Å²) in [5, 5.41) is 0.402. The van der Waals surface area contributed by atoms with Crippen LogP contribution in [0.3, 0.4) is 0 Å². The van der Waals surface area contributed by atoms with E-state index in [1.54, 1.807) is 6.07 Å². The van der Waals surface area contributed by atoms with Crippen molar-refractivity contribution in [3.63, 3.8) is 0 Å². The quantitative estimate of drug-likeness (QED) is 0.615. The second-order valence-corrected chi connectivity index (χ2v) is 6.50. The monoisotopic (exact) mass is 262 g/mol. The van der Waals surface area contributed by atoms with Gasteiger partial charge in [0.2, 0.25) is 0 Å². The molecule has 0 unspecified atom stereocenters. The minimum absolute atomic E-state index is 0.106. The van der Waals surface area contributed by atoms with Crippen molar-refractivity contribution in [3.05, 3.63) is 17.3 Å². The van der Waals surface area contributed by atoms with Crippen LogP contribution >= 0.6 is 22.0 Å². The van der Waals surface area contributed by atoms with E-state index in [0.29, 0.717) is 10.2 Å². The van der Waals surface area contributed by atoms with Gasteiger partial charge in [0.1, 0.15) is 11.2 Å². The van der Waals surface area contributed by atoms with Crippen LogP contribution < -0.4 is 0 Å². The number of hydrogen-bond acceptors (Lipinski definition) is 5. The van der Waals surface area contributed by atoms with Crippen molar-refractivity contribution in [2.75, 3.05) is 0 Å². The van der Waals surface area contributed by atoms with Crippen molar-refractivity contribution in [1.82, 2.24) is 9.97 Å². The summed E-state index contributed by atoms with van der Waals surface area (Å²) in [5.74, 6) is 0. The van der Waals surface area contributed by atoms with Gasteiger partial charge in [-0.25, -0.2) is 18.4 Å². The minimum atomic E-state index is -3.80. The van der Waals surface area contributed by atoms with Gasteiger partial charge in [0.25, 0.3) is 9.05 Å². The molecule has 0 saturated heterocycles. The molecule has 0 fully saturated rings. The molecule has 0 N–H and O–H groups in total. The minimum Gasteiger partial charge on any atom is -0.225 e. The smallest absolute Gasteiger partial charge is 0.225 e. The molecule has 2 rings (SSSR count). The molecule has 7 heteroatoms. The Balaban J connectivity index is 2.81. The van der Waals surface area contributed by atoms with Crippen molar-refractivity contribution in [1.29, 1.82) is 0 Å². The summed E-state index contributed by atoms with van der Waals surface area (Å²) >= 11 is 1.45. The maximum atomic E-state index is 11.2. The van der Waals surface area contributed by atoms with E-state index in [2.05, 4.69) is 9.97 Å². The van der Waals surface area contributed by atoms with E-state index in [4.69, 9.17) is 10.7 Å². The summed E-state index contributed by atoms with van der Waals surface area (Å²) < 4.78 is 22.4. The average Bonchev–Trinajstić information content (AvgIpc) is 2.57. The molecule has 0 bridgehead atoms. The first-order valence-electron chi connectivity index (χ1n) is 4.20. The summed E-state index contributed by atoms with van der Waals surface area (Å²) in [6, 6.07) is 1.77. The summed E-state index contributed by atoms with van der Waals surface area (Å²) in [7, 11) is 1.48. The summed E-state index contributed by atoms with van der Waals surface area (Å²) in [5.41, 5.74) is 0. The zero-order chi connectivity index (χ0) is 11.1. The number of nitrogens with zero attached hydrogens (tertiary/aromatic N) is 2. The highest BCUT2D eigenvalue weighted by Crippen LogP contribution is 2.29. The van der Waals surface area contributed by atoms with E-state index in [1.165, 1.54) is 17.7 Å². The predicted octanol–water partition coefficient (Wildman–Crippen LogP) is 2.18. The standard InChI is InChI=1S/C8H7ClN2O2S2/c1-2-5-3-6-7(14-5)10-4-11-8(6)15(9,12)13/h3-4H,2H2,1H3. The number of aromatic nitrogens is 2. The maximum Gasteiger partial charge on any atom is 0.279 e. The number of halogens is 1. The van der Waals surface area contributed by atoms with Gasteiger partial charge in [-0.3, -0.25) is 0 Å². The fraction of sp³-hybridized carbons (Fsp3) is 0.250. The van der Waals surface area contributed by atoms with Crippen LogP contribution in [-0.2, 0) is 15.5 Å². The molecule has 80 valence electrons. The average molecular weight is 263 g/mol. The lowest BCUT2D eigenvalue weighted by Crippen LogP contribution is -1.95. The molecule has 0 aliphatic carbocycles. The topological polar surface area (TPSA) is 59.9 Å². The lowest BCUT2D eigenvalue weighted by Gasteiger charge is -1.94. The van der Waals surface area contributed by atoms with Gasteiger partial charge in [0.15, 0.2) is 5.03 Å². The SMILES string of the molecule is CCc1cc2c(S(=O)(=O)Cl)ncnc2s1. The van der Waals surface area contributed by atoms with Crippen LogP contribution in [0.2, 0.25) is 0 Å². The third kappa shape index (κ3) is 1.97. The molecule has 2 aromatic heterocycles. The van der Waals surface area contributed by atoms with Crippen LogP contribution in [0.25, 0.3) is 10.2 Å². The van der Waals surface area contributed by atoms with Crippen LogP contribution in [0.1, 0.15) is 11.8 Å². The fourth-order valence-electron chi connectivity index (χ4n) is 1.25. The molecule has 0 aromatic carbocycles. The van der Waals surface area contributed by atoms with Crippen LogP contribution in [0.5, 0.6) is 0 Å². The van der Waals surface area contributed by atoms with Gasteiger partial charge in [0.05, 0.1) is 5.39 Å². The molecule has 0 atom stereocenters. The summed E-state index contributed by atoms with van der Waals surface area (Å²) in [6.07, 6.45) is 2.05. The number of aryl methyl sites for hydroxylation is 1. The van der Waals surface area contributed by atoms with Gasteiger partial charge in [-0.05, 0) is 12.5 Å². The predicted molar refractivity (Wildman–Crippen MR) is 59.8 cm³/mol. The second kappa shape index (κ2) is 3.70. The zero-order valence-electron chi connectivity index (χ0n) is 7.77. The summed E-state index contributed by atoms with van der Waals surface area (Å²) in [4.78, 5) is 9.43. The highest BCUT2D eigenvalue weighted by molar-refractivity contribution is 8.13. The molecule has 0 aliphatic rings. The molecule has 0 radical (unpaired) electrons. The molecule has 2 aromatic rings. The van der Waals surface area contributed by atoms with Crippen molar-refractivity contribution < 1.29 is 8.42 Å². The first kappa shape index (κ1) is 10.8. The zero-order valence-corrected chi connectivity index (χ0v) is 10.2. The highest BCUT2D eigenvalue weighted by atomic mass is 35.7. The molecular weight excluding hydrogens is 256 g/mol. The molecule has 0 aliphatic heterocycles. The summed E-state index contributed by atoms with van der Waals surface area (Å²) in [6.45, 7) is 1.99. The first-order chi connectivity index (χ1) is 7.02. The van der Waals surface area contributed by atoms with Gasteiger partial charge < -0.3 is 0 Å². The van der Waals surface area contributed by atoms with Crippen LogP contribution in [0.4, 0.5) is 0 Å². The fourth-order valence-corrected chi connectivity index (χ4v) is 3.21. The van der Waals surface area contributed by atoms with E-state index < -0.39 is 9.05 Å². The Bertz CT molecular complexity index is 606. The Morgan fingerprint density at radius 1 is 1.47 bits per heavy atom. The molecule has 2 heterocycles. The van der Waals surface area contributed by atoms with E-state index >= 15 is 0 Å². The lowest BCUT2D eigenvalue weighted by atomic mass is 10.3. The van der Waals surface area contributed by atoms with Crippen molar-refractivity contribution >= 4 is 41.3 Å². The third-order valence-corrected chi connectivity index (χ3v) is 4.34. The van der Waals surface area contributed by atoms with Gasteiger partial charge in [0, 0.05) is 15.6 Å². The van der Waals surface area contributed by atoms with E-state index in [1.807, 2.05) is 6.92 Å². The maximum absolute atomic E-state index is 11.2. The molecule has 4 nitrogen and oxygen atoms in total. The molecule has 0 spiro atoms. The van der Waals surface area contributed by atoms with Crippen molar-refractivity contribution in [3.8, 4) is 0 Å². The van der Waals surface area contributed by atoms with Gasteiger partial charge in [-0.15, -0.1) is 11.3 Å². The number of fused-ring (bicyclic) bond motifs is 1. The second-order valence-electron chi connectivity index (χ2n) is 2.90. The molecule has 0 amide bonds. The molecule has 0 saturated carbocycles.